The van der Waals surface area contributed by atoms with E-state index in [4.69, 9.17) is 27.3 Å². The average Bonchev–Trinajstić information content (AvgIpc) is 3.10. The maximum atomic E-state index is 11.2. The molecule has 0 amide bonds. The predicted molar refractivity (Wildman–Crippen MR) is 91.2 cm³/mol. The Morgan fingerprint density at radius 2 is 2.04 bits per heavy atom. The van der Waals surface area contributed by atoms with Gasteiger partial charge in [-0.25, -0.2) is 0 Å². The molecule has 3 rings (SSSR count). The van der Waals surface area contributed by atoms with Crippen molar-refractivity contribution >= 4 is 17.3 Å². The van der Waals surface area contributed by atoms with Crippen LogP contribution in [-0.2, 0) is 0 Å². The van der Waals surface area contributed by atoms with Gasteiger partial charge in [0.05, 0.1) is 4.92 Å². The van der Waals surface area contributed by atoms with Crippen LogP contribution in [0.3, 0.4) is 0 Å². The minimum atomic E-state index is -0.553. The van der Waals surface area contributed by atoms with E-state index in [1.165, 1.54) is 18.2 Å². The molecule has 0 aliphatic carbocycles. The van der Waals surface area contributed by atoms with Crippen molar-refractivity contribution < 1.29 is 14.2 Å². The van der Waals surface area contributed by atoms with Crippen LogP contribution in [0.2, 0.25) is 5.02 Å². The molecule has 25 heavy (non-hydrogen) atoms. The van der Waals surface area contributed by atoms with Crippen LogP contribution in [-0.4, -0.2) is 21.7 Å². The molecule has 0 bridgehead atoms. The predicted octanol–water partition coefficient (Wildman–Crippen LogP) is 3.98. The van der Waals surface area contributed by atoms with Gasteiger partial charge in [-0.2, -0.15) is 4.98 Å². The summed E-state index contributed by atoms with van der Waals surface area (Å²) in [7, 11) is 0. The first kappa shape index (κ1) is 16.5. The normalized spacial score (nSPS) is 10.2. The second-order valence-electron chi connectivity index (χ2n) is 4.86. The van der Waals surface area contributed by atoms with Crippen molar-refractivity contribution in [1.82, 2.24) is 10.1 Å². The van der Waals surface area contributed by atoms with Crippen molar-refractivity contribution in [2.24, 2.45) is 0 Å². The van der Waals surface area contributed by atoms with Gasteiger partial charge in [0.25, 0.3) is 11.6 Å². The third-order valence-electron chi connectivity index (χ3n) is 3.25. The molecule has 0 spiro atoms. The van der Waals surface area contributed by atoms with E-state index in [1.807, 2.05) is 0 Å². The fraction of sp³-hybridized carbons (Fsp3) is 0.0588. The first-order valence-electron chi connectivity index (χ1n) is 7.03. The first-order chi connectivity index (χ1) is 12.1. The van der Waals surface area contributed by atoms with Crippen molar-refractivity contribution in [3.05, 3.63) is 57.6 Å². The molecule has 0 aliphatic heterocycles. The van der Waals surface area contributed by atoms with E-state index in [9.17, 15) is 10.1 Å². The maximum Gasteiger partial charge on any atom is 0.283 e. The van der Waals surface area contributed by atoms with Gasteiger partial charge in [0.1, 0.15) is 17.9 Å². The second-order valence-corrected chi connectivity index (χ2v) is 5.30. The summed E-state index contributed by atoms with van der Waals surface area (Å²) in [6, 6.07) is 11.1. The summed E-state index contributed by atoms with van der Waals surface area (Å²) in [5.41, 5.74) is 0.655. The summed E-state index contributed by atoms with van der Waals surface area (Å²) in [6.45, 7) is 0.173. The Morgan fingerprint density at radius 1 is 1.28 bits per heavy atom. The number of halogens is 1. The molecule has 124 valence electrons. The van der Waals surface area contributed by atoms with Crippen molar-refractivity contribution in [3.8, 4) is 40.9 Å². The number of hydrogen-bond donors (Lipinski definition) is 0. The highest BCUT2D eigenvalue weighted by atomic mass is 35.5. The number of benzene rings is 2. The Balaban J connectivity index is 1.91. The fourth-order valence-electron chi connectivity index (χ4n) is 2.11. The minimum Gasteiger partial charge on any atom is -0.481 e. The van der Waals surface area contributed by atoms with Gasteiger partial charge in [0, 0.05) is 16.7 Å². The molecule has 0 radical (unpaired) electrons. The van der Waals surface area contributed by atoms with E-state index >= 15 is 0 Å². The lowest BCUT2D eigenvalue weighted by molar-refractivity contribution is -0.384. The van der Waals surface area contributed by atoms with E-state index in [1.54, 1.807) is 24.3 Å². The second kappa shape index (κ2) is 7.03. The highest BCUT2D eigenvalue weighted by molar-refractivity contribution is 6.30. The molecular formula is C17H10ClN3O4. The van der Waals surface area contributed by atoms with Crippen LogP contribution in [0.25, 0.3) is 22.8 Å². The van der Waals surface area contributed by atoms with Crippen molar-refractivity contribution in [2.75, 3.05) is 6.61 Å². The third kappa shape index (κ3) is 3.59. The SMILES string of the molecule is C#CCOc1ccc(-c2noc(-c3ccc(Cl)cc3[N+](=O)[O-])n2)cc1. The number of rotatable bonds is 5. The monoisotopic (exact) mass is 355 g/mol. The highest BCUT2D eigenvalue weighted by Gasteiger charge is 2.21. The summed E-state index contributed by atoms with van der Waals surface area (Å²) in [6.07, 6.45) is 5.13. The minimum absolute atomic E-state index is 0.0334. The number of aromatic nitrogens is 2. The Bertz CT molecular complexity index is 961. The van der Waals surface area contributed by atoms with Gasteiger partial charge in [-0.15, -0.1) is 6.42 Å². The Hall–Kier alpha value is -3.37. The Labute approximate surface area is 147 Å². The largest absolute Gasteiger partial charge is 0.481 e. The molecule has 0 N–H and O–H groups in total. The smallest absolute Gasteiger partial charge is 0.283 e. The molecule has 2 aromatic carbocycles. The van der Waals surface area contributed by atoms with E-state index < -0.39 is 4.92 Å². The summed E-state index contributed by atoms with van der Waals surface area (Å²) < 4.78 is 10.5. The summed E-state index contributed by atoms with van der Waals surface area (Å²) in [5.74, 6) is 3.31. The molecule has 8 heteroatoms. The van der Waals surface area contributed by atoms with Gasteiger partial charge < -0.3 is 9.26 Å². The third-order valence-corrected chi connectivity index (χ3v) is 3.48. The molecule has 0 saturated carbocycles. The van der Waals surface area contributed by atoms with Gasteiger partial charge in [0.2, 0.25) is 5.82 Å². The van der Waals surface area contributed by atoms with Gasteiger partial charge in [-0.05, 0) is 36.4 Å². The molecular weight excluding hydrogens is 346 g/mol. The van der Waals surface area contributed by atoms with Crippen molar-refractivity contribution in [2.45, 2.75) is 0 Å². The lowest BCUT2D eigenvalue weighted by Crippen LogP contribution is -1.93. The fourth-order valence-corrected chi connectivity index (χ4v) is 2.28. The van der Waals surface area contributed by atoms with Crippen molar-refractivity contribution in [3.63, 3.8) is 0 Å². The average molecular weight is 356 g/mol. The lowest BCUT2D eigenvalue weighted by atomic mass is 10.1. The van der Waals surface area contributed by atoms with Gasteiger partial charge in [-0.3, -0.25) is 10.1 Å². The highest BCUT2D eigenvalue weighted by Crippen LogP contribution is 2.32. The number of nitro benzene ring substituents is 1. The van der Waals surface area contributed by atoms with E-state index in [0.29, 0.717) is 17.1 Å². The number of nitro groups is 1. The molecule has 3 aromatic rings. The van der Waals surface area contributed by atoms with E-state index in [2.05, 4.69) is 16.1 Å². The van der Waals surface area contributed by atoms with Crippen LogP contribution in [0.5, 0.6) is 5.75 Å². The number of hydrogen-bond acceptors (Lipinski definition) is 6. The summed E-state index contributed by atoms with van der Waals surface area (Å²) in [4.78, 5) is 14.8. The molecule has 0 aliphatic rings. The van der Waals surface area contributed by atoms with E-state index in [-0.39, 0.29) is 28.8 Å². The molecule has 1 aromatic heterocycles. The molecule has 0 saturated heterocycles. The Kier molecular flexibility index (Phi) is 4.64. The first-order valence-corrected chi connectivity index (χ1v) is 7.41. The maximum absolute atomic E-state index is 11.2. The van der Waals surface area contributed by atoms with Crippen LogP contribution in [0, 0.1) is 22.5 Å². The Morgan fingerprint density at radius 3 is 2.72 bits per heavy atom. The van der Waals surface area contributed by atoms with Crippen LogP contribution in [0.1, 0.15) is 0 Å². The quantitative estimate of drug-likeness (QED) is 0.390. The topological polar surface area (TPSA) is 91.3 Å². The zero-order valence-corrected chi connectivity index (χ0v) is 13.4. The van der Waals surface area contributed by atoms with Crippen LogP contribution in [0.4, 0.5) is 5.69 Å². The van der Waals surface area contributed by atoms with Gasteiger partial charge in [-0.1, -0.05) is 22.7 Å². The van der Waals surface area contributed by atoms with Crippen LogP contribution >= 0.6 is 11.6 Å². The summed E-state index contributed by atoms with van der Waals surface area (Å²) >= 11 is 5.81. The van der Waals surface area contributed by atoms with Crippen LogP contribution < -0.4 is 4.74 Å². The summed E-state index contributed by atoms with van der Waals surface area (Å²) in [5, 5.41) is 15.3. The molecule has 0 fully saturated rings. The molecule has 7 nitrogen and oxygen atoms in total. The number of ether oxygens (including phenoxy) is 1. The molecule has 1 heterocycles. The van der Waals surface area contributed by atoms with E-state index in [0.717, 1.165) is 0 Å². The van der Waals surface area contributed by atoms with Gasteiger partial charge in [0.15, 0.2) is 0 Å². The lowest BCUT2D eigenvalue weighted by Gasteiger charge is -2.01. The molecule has 0 atom stereocenters. The standard InChI is InChI=1S/C17H10ClN3O4/c1-2-9-24-13-6-3-11(4-7-13)16-19-17(25-20-16)14-8-5-12(18)10-15(14)21(22)23/h1,3-8,10H,9H2. The zero-order valence-electron chi connectivity index (χ0n) is 12.7. The number of nitrogens with zero attached hydrogens (tertiary/aromatic N) is 3. The number of terminal acetylenes is 1. The van der Waals surface area contributed by atoms with Crippen molar-refractivity contribution in [1.29, 1.82) is 0 Å². The zero-order chi connectivity index (χ0) is 17.8. The molecule has 0 unspecified atom stereocenters. The van der Waals surface area contributed by atoms with Gasteiger partial charge >= 0.3 is 0 Å². The van der Waals surface area contributed by atoms with Crippen LogP contribution in [0.15, 0.2) is 47.0 Å².